The SMILES string of the molecule is COC(=O)c1cc(OC)c(OC)cc1NC(=O)c1ccc(OC)c(CSc2ccccc2)c1. The molecule has 0 bridgehead atoms. The van der Waals surface area contributed by atoms with E-state index in [2.05, 4.69) is 5.32 Å². The number of benzene rings is 3. The van der Waals surface area contributed by atoms with E-state index < -0.39 is 5.97 Å². The van der Waals surface area contributed by atoms with Crippen molar-refractivity contribution < 1.29 is 28.5 Å². The Balaban J connectivity index is 1.88. The number of esters is 1. The normalized spacial score (nSPS) is 10.3. The minimum atomic E-state index is -0.610. The molecule has 33 heavy (non-hydrogen) atoms. The second kappa shape index (κ2) is 11.3. The molecule has 1 amide bonds. The third kappa shape index (κ3) is 5.78. The van der Waals surface area contributed by atoms with Gasteiger partial charge in [-0.05, 0) is 30.3 Å². The number of hydrogen-bond donors (Lipinski definition) is 1. The molecule has 0 aliphatic carbocycles. The highest BCUT2D eigenvalue weighted by molar-refractivity contribution is 7.98. The smallest absolute Gasteiger partial charge is 0.340 e. The molecule has 0 heterocycles. The lowest BCUT2D eigenvalue weighted by Gasteiger charge is -2.15. The van der Waals surface area contributed by atoms with E-state index in [1.54, 1.807) is 37.1 Å². The number of ether oxygens (including phenoxy) is 4. The van der Waals surface area contributed by atoms with E-state index in [1.807, 2.05) is 30.3 Å². The molecule has 0 spiro atoms. The molecule has 3 aromatic carbocycles. The molecule has 172 valence electrons. The summed E-state index contributed by atoms with van der Waals surface area (Å²) in [6.45, 7) is 0. The zero-order valence-electron chi connectivity index (χ0n) is 18.8. The summed E-state index contributed by atoms with van der Waals surface area (Å²) >= 11 is 1.64. The molecule has 3 aromatic rings. The van der Waals surface area contributed by atoms with E-state index in [4.69, 9.17) is 18.9 Å². The van der Waals surface area contributed by atoms with Crippen LogP contribution < -0.4 is 19.5 Å². The van der Waals surface area contributed by atoms with E-state index in [0.29, 0.717) is 28.6 Å². The predicted octanol–water partition coefficient (Wildman–Crippen LogP) is 5.04. The van der Waals surface area contributed by atoms with Crippen molar-refractivity contribution in [3.8, 4) is 17.2 Å². The Morgan fingerprint density at radius 3 is 2.12 bits per heavy atom. The molecule has 0 aliphatic rings. The third-order valence-corrected chi connectivity index (χ3v) is 5.92. The highest BCUT2D eigenvalue weighted by Crippen LogP contribution is 2.34. The summed E-state index contributed by atoms with van der Waals surface area (Å²) < 4.78 is 20.9. The lowest BCUT2D eigenvalue weighted by Crippen LogP contribution is -2.16. The van der Waals surface area contributed by atoms with Gasteiger partial charge in [0.15, 0.2) is 11.5 Å². The van der Waals surface area contributed by atoms with Crippen LogP contribution in [0.2, 0.25) is 0 Å². The van der Waals surface area contributed by atoms with Gasteiger partial charge in [-0.25, -0.2) is 4.79 Å². The van der Waals surface area contributed by atoms with Crippen LogP contribution in [0.5, 0.6) is 17.2 Å². The molecule has 0 unspecified atom stereocenters. The summed E-state index contributed by atoms with van der Waals surface area (Å²) in [5.74, 6) is 1.03. The maximum absolute atomic E-state index is 13.1. The van der Waals surface area contributed by atoms with E-state index in [-0.39, 0.29) is 17.2 Å². The van der Waals surface area contributed by atoms with Crippen LogP contribution in [0.15, 0.2) is 65.6 Å². The zero-order valence-corrected chi connectivity index (χ0v) is 19.7. The number of thioether (sulfide) groups is 1. The Hall–Kier alpha value is -3.65. The second-order valence-electron chi connectivity index (χ2n) is 6.83. The molecule has 7 nitrogen and oxygen atoms in total. The van der Waals surface area contributed by atoms with E-state index in [1.165, 1.54) is 33.5 Å². The first kappa shape index (κ1) is 24.0. The highest BCUT2D eigenvalue weighted by atomic mass is 32.2. The van der Waals surface area contributed by atoms with Crippen molar-refractivity contribution in [2.24, 2.45) is 0 Å². The number of anilines is 1. The van der Waals surface area contributed by atoms with Crippen molar-refractivity contribution in [3.63, 3.8) is 0 Å². The lowest BCUT2D eigenvalue weighted by atomic mass is 10.1. The van der Waals surface area contributed by atoms with Gasteiger partial charge >= 0.3 is 5.97 Å². The van der Waals surface area contributed by atoms with Crippen molar-refractivity contribution in [2.75, 3.05) is 33.8 Å². The van der Waals surface area contributed by atoms with Crippen LogP contribution in [0.25, 0.3) is 0 Å². The number of carbonyl (C=O) groups excluding carboxylic acids is 2. The van der Waals surface area contributed by atoms with Crippen molar-refractivity contribution in [1.82, 2.24) is 0 Å². The number of carbonyl (C=O) groups is 2. The first-order valence-electron chi connectivity index (χ1n) is 10.0. The summed E-state index contributed by atoms with van der Waals surface area (Å²) in [5.41, 5.74) is 1.70. The van der Waals surface area contributed by atoms with Crippen LogP contribution in [0.1, 0.15) is 26.3 Å². The molecule has 0 aromatic heterocycles. The Morgan fingerprint density at radius 1 is 0.818 bits per heavy atom. The number of methoxy groups -OCH3 is 4. The molecule has 8 heteroatoms. The average Bonchev–Trinajstić information content (AvgIpc) is 2.86. The fourth-order valence-corrected chi connectivity index (χ4v) is 4.06. The first-order valence-corrected chi connectivity index (χ1v) is 11.0. The Bertz CT molecular complexity index is 1130. The monoisotopic (exact) mass is 467 g/mol. The van der Waals surface area contributed by atoms with E-state index in [9.17, 15) is 9.59 Å². The van der Waals surface area contributed by atoms with Gasteiger partial charge < -0.3 is 24.3 Å². The molecule has 0 aliphatic heterocycles. The minimum absolute atomic E-state index is 0.150. The van der Waals surface area contributed by atoms with Gasteiger partial charge in [0.1, 0.15) is 5.75 Å². The van der Waals surface area contributed by atoms with Gasteiger partial charge in [-0.3, -0.25) is 4.79 Å². The van der Waals surface area contributed by atoms with Gasteiger partial charge in [-0.1, -0.05) is 18.2 Å². The number of hydrogen-bond acceptors (Lipinski definition) is 7. The maximum atomic E-state index is 13.1. The number of amides is 1. The Labute approximate surface area is 197 Å². The second-order valence-corrected chi connectivity index (χ2v) is 7.88. The van der Waals surface area contributed by atoms with Gasteiger partial charge in [0, 0.05) is 33.9 Å². The van der Waals surface area contributed by atoms with Crippen LogP contribution in [-0.4, -0.2) is 40.3 Å². The highest BCUT2D eigenvalue weighted by Gasteiger charge is 2.20. The van der Waals surface area contributed by atoms with Gasteiger partial charge in [0.2, 0.25) is 0 Å². The van der Waals surface area contributed by atoms with Crippen LogP contribution in [0.4, 0.5) is 5.69 Å². The Kier molecular flexibility index (Phi) is 8.21. The number of nitrogens with one attached hydrogen (secondary N) is 1. The molecule has 0 radical (unpaired) electrons. The fourth-order valence-electron chi connectivity index (χ4n) is 3.17. The third-order valence-electron chi connectivity index (χ3n) is 4.86. The topological polar surface area (TPSA) is 83.1 Å². The van der Waals surface area contributed by atoms with Crippen LogP contribution in [-0.2, 0) is 10.5 Å². The predicted molar refractivity (Wildman–Crippen MR) is 128 cm³/mol. The minimum Gasteiger partial charge on any atom is -0.496 e. The summed E-state index contributed by atoms with van der Waals surface area (Å²) in [6.07, 6.45) is 0. The molecule has 1 N–H and O–H groups in total. The average molecular weight is 468 g/mol. The molecule has 0 saturated carbocycles. The number of rotatable bonds is 9. The van der Waals surface area contributed by atoms with Crippen molar-refractivity contribution in [3.05, 3.63) is 77.4 Å². The van der Waals surface area contributed by atoms with Crippen molar-refractivity contribution in [2.45, 2.75) is 10.6 Å². The van der Waals surface area contributed by atoms with Crippen molar-refractivity contribution in [1.29, 1.82) is 0 Å². The largest absolute Gasteiger partial charge is 0.496 e. The molecular formula is C25H25NO6S. The molecule has 0 atom stereocenters. The van der Waals surface area contributed by atoms with E-state index in [0.717, 1.165) is 10.5 Å². The van der Waals surface area contributed by atoms with Crippen LogP contribution in [0, 0.1) is 0 Å². The first-order chi connectivity index (χ1) is 16.0. The molecule has 0 saturated heterocycles. The van der Waals surface area contributed by atoms with Gasteiger partial charge in [0.25, 0.3) is 5.91 Å². The summed E-state index contributed by atoms with van der Waals surface area (Å²) in [5, 5.41) is 2.78. The lowest BCUT2D eigenvalue weighted by molar-refractivity contribution is 0.0601. The fraction of sp³-hybridized carbons (Fsp3) is 0.200. The molecule has 0 fully saturated rings. The maximum Gasteiger partial charge on any atom is 0.340 e. The summed E-state index contributed by atoms with van der Waals surface area (Å²) in [6, 6.07) is 18.2. The quantitative estimate of drug-likeness (QED) is 0.349. The van der Waals surface area contributed by atoms with Crippen LogP contribution >= 0.6 is 11.8 Å². The summed E-state index contributed by atoms with van der Waals surface area (Å²) in [7, 11) is 5.80. The summed E-state index contributed by atoms with van der Waals surface area (Å²) in [4.78, 5) is 26.5. The Morgan fingerprint density at radius 2 is 1.48 bits per heavy atom. The van der Waals surface area contributed by atoms with E-state index >= 15 is 0 Å². The van der Waals surface area contributed by atoms with Crippen LogP contribution in [0.3, 0.4) is 0 Å². The van der Waals surface area contributed by atoms with Gasteiger partial charge in [0.05, 0.1) is 39.7 Å². The van der Waals surface area contributed by atoms with Crippen molar-refractivity contribution >= 4 is 29.3 Å². The van der Waals surface area contributed by atoms with Gasteiger partial charge in [-0.15, -0.1) is 11.8 Å². The standard InChI is InChI=1S/C25H25NO6S/c1-29-21-11-10-16(12-17(21)15-33-18-8-6-5-7-9-18)24(27)26-20-14-23(31-3)22(30-2)13-19(20)25(28)32-4/h5-14H,15H2,1-4H3,(H,26,27). The molecule has 3 rings (SSSR count). The zero-order chi connectivity index (χ0) is 23.8. The van der Waals surface area contributed by atoms with Gasteiger partial charge in [-0.2, -0.15) is 0 Å². The molecular weight excluding hydrogens is 442 g/mol.